The maximum atomic E-state index is 12.4. The molecule has 0 spiro atoms. The van der Waals surface area contributed by atoms with Gasteiger partial charge in [0.2, 0.25) is 15.9 Å². The Labute approximate surface area is 135 Å². The van der Waals surface area contributed by atoms with Crippen LogP contribution in [-0.2, 0) is 24.3 Å². The first kappa shape index (κ1) is 19.1. The zero-order valence-corrected chi connectivity index (χ0v) is 14.1. The van der Waals surface area contributed by atoms with Gasteiger partial charge in [0.25, 0.3) is 0 Å². The summed E-state index contributed by atoms with van der Waals surface area (Å²) in [7, 11) is 0.220. The van der Waals surface area contributed by atoms with E-state index in [1.807, 2.05) is 0 Å². The summed E-state index contributed by atoms with van der Waals surface area (Å²) >= 11 is 0. The summed E-state index contributed by atoms with van der Waals surface area (Å²) in [5.74, 6) is -0.987. The van der Waals surface area contributed by atoms with Crippen LogP contribution in [0.25, 0.3) is 0 Å². The second-order valence-corrected chi connectivity index (χ2v) is 6.66. The van der Waals surface area contributed by atoms with Crippen LogP contribution in [0.3, 0.4) is 0 Å². The number of nitrogens with zero attached hydrogens (tertiary/aromatic N) is 1. The highest BCUT2D eigenvalue weighted by Crippen LogP contribution is 2.15. The summed E-state index contributed by atoms with van der Waals surface area (Å²) in [6.45, 7) is 0.332. The second-order valence-electron chi connectivity index (χ2n) is 4.62. The molecule has 0 aliphatic carbocycles. The third kappa shape index (κ3) is 5.31. The lowest BCUT2D eigenvalue weighted by Gasteiger charge is -2.17. The van der Waals surface area contributed by atoms with Crippen LogP contribution in [0.5, 0.6) is 0 Å². The van der Waals surface area contributed by atoms with Gasteiger partial charge in [0.1, 0.15) is 0 Å². The molecule has 0 bridgehead atoms. The molecule has 128 valence electrons. The summed E-state index contributed by atoms with van der Waals surface area (Å²) in [6.07, 6.45) is 0. The topological polar surface area (TPSA) is 102 Å². The minimum absolute atomic E-state index is 0.0163. The van der Waals surface area contributed by atoms with E-state index in [2.05, 4.69) is 10.1 Å². The van der Waals surface area contributed by atoms with Gasteiger partial charge in [-0.3, -0.25) is 4.79 Å². The molecule has 1 N–H and O–H groups in total. The predicted molar refractivity (Wildman–Crippen MR) is 82.5 cm³/mol. The van der Waals surface area contributed by atoms with Crippen LogP contribution in [0, 0.1) is 0 Å². The van der Waals surface area contributed by atoms with Crippen molar-refractivity contribution in [1.29, 1.82) is 0 Å². The van der Waals surface area contributed by atoms with Crippen molar-refractivity contribution in [3.63, 3.8) is 0 Å². The average molecular weight is 344 g/mol. The molecule has 0 aliphatic heterocycles. The summed E-state index contributed by atoms with van der Waals surface area (Å²) < 4.78 is 35.0. The molecule has 9 heteroatoms. The lowest BCUT2D eigenvalue weighted by molar-refractivity contribution is -0.121. The number of carbonyl (C=O) groups is 2. The first-order valence-electron chi connectivity index (χ1n) is 6.73. The van der Waals surface area contributed by atoms with E-state index in [1.165, 1.54) is 45.5 Å². The normalized spacial score (nSPS) is 11.3. The zero-order valence-electron chi connectivity index (χ0n) is 13.2. The molecular formula is C14H20N2O6S. The van der Waals surface area contributed by atoms with Crippen molar-refractivity contribution in [2.75, 3.05) is 41.0 Å². The number of nitrogens with one attached hydrogen (secondary N) is 1. The van der Waals surface area contributed by atoms with Crippen molar-refractivity contribution in [3.8, 4) is 0 Å². The van der Waals surface area contributed by atoms with Crippen molar-refractivity contribution in [2.45, 2.75) is 4.90 Å². The molecule has 0 fully saturated rings. The highest BCUT2D eigenvalue weighted by atomic mass is 32.2. The summed E-state index contributed by atoms with van der Waals surface area (Å²) in [6, 6.07) is 5.29. The summed E-state index contributed by atoms with van der Waals surface area (Å²) in [5, 5.41) is 2.54. The monoisotopic (exact) mass is 344 g/mol. The number of hydrogen-bond donors (Lipinski definition) is 1. The van der Waals surface area contributed by atoms with E-state index in [-0.39, 0.29) is 17.0 Å². The Morgan fingerprint density at radius 1 is 1.17 bits per heavy atom. The van der Waals surface area contributed by atoms with Crippen molar-refractivity contribution >= 4 is 21.9 Å². The van der Waals surface area contributed by atoms with E-state index in [4.69, 9.17) is 4.74 Å². The number of ether oxygens (including phenoxy) is 2. The molecule has 0 saturated carbocycles. The van der Waals surface area contributed by atoms with E-state index >= 15 is 0 Å². The van der Waals surface area contributed by atoms with E-state index < -0.39 is 21.9 Å². The molecule has 1 amide bonds. The van der Waals surface area contributed by atoms with Crippen LogP contribution < -0.4 is 5.32 Å². The van der Waals surface area contributed by atoms with Gasteiger partial charge >= 0.3 is 5.97 Å². The van der Waals surface area contributed by atoms with Crippen LogP contribution in [0.1, 0.15) is 10.4 Å². The van der Waals surface area contributed by atoms with Crippen molar-refractivity contribution in [2.24, 2.45) is 0 Å². The van der Waals surface area contributed by atoms with Crippen LogP contribution in [0.2, 0.25) is 0 Å². The summed E-state index contributed by atoms with van der Waals surface area (Å²) in [4.78, 5) is 23.0. The number of sulfonamides is 1. The fourth-order valence-corrected chi connectivity index (χ4v) is 2.82. The van der Waals surface area contributed by atoms with E-state index in [9.17, 15) is 18.0 Å². The lowest BCUT2D eigenvalue weighted by atomic mass is 10.2. The third-order valence-electron chi connectivity index (χ3n) is 2.98. The zero-order chi connectivity index (χ0) is 17.5. The first-order valence-corrected chi connectivity index (χ1v) is 8.17. The van der Waals surface area contributed by atoms with E-state index in [0.29, 0.717) is 13.2 Å². The fraction of sp³-hybridized carbons (Fsp3) is 0.429. The molecule has 1 aromatic rings. The molecule has 0 radical (unpaired) electrons. The van der Waals surface area contributed by atoms with Crippen molar-refractivity contribution in [1.82, 2.24) is 9.62 Å². The molecule has 0 atom stereocenters. The van der Waals surface area contributed by atoms with Gasteiger partial charge in [-0.1, -0.05) is 0 Å². The van der Waals surface area contributed by atoms with Gasteiger partial charge in [0.05, 0.1) is 30.7 Å². The van der Waals surface area contributed by atoms with Gasteiger partial charge in [0.15, 0.2) is 0 Å². The first-order chi connectivity index (χ1) is 10.8. The molecular weight excluding hydrogens is 324 g/mol. The Morgan fingerprint density at radius 2 is 1.78 bits per heavy atom. The predicted octanol–water partition coefficient (Wildman–Crippen LogP) is -0.144. The molecule has 1 aromatic carbocycles. The minimum atomic E-state index is -3.82. The smallest absolute Gasteiger partial charge is 0.337 e. The number of methoxy groups -OCH3 is 2. The molecule has 0 heterocycles. The Bertz CT molecular complexity index is 642. The third-order valence-corrected chi connectivity index (χ3v) is 4.80. The van der Waals surface area contributed by atoms with E-state index in [1.54, 1.807) is 0 Å². The van der Waals surface area contributed by atoms with E-state index in [0.717, 1.165) is 4.31 Å². The minimum Gasteiger partial charge on any atom is -0.465 e. The maximum Gasteiger partial charge on any atom is 0.337 e. The van der Waals surface area contributed by atoms with Gasteiger partial charge in [0, 0.05) is 20.7 Å². The van der Waals surface area contributed by atoms with Crippen molar-refractivity contribution < 1.29 is 27.5 Å². The van der Waals surface area contributed by atoms with Gasteiger partial charge in [-0.2, -0.15) is 4.31 Å². The number of carbonyl (C=O) groups excluding carboxylic acids is 2. The Balaban J connectivity index is 2.77. The Morgan fingerprint density at radius 3 is 2.30 bits per heavy atom. The highest BCUT2D eigenvalue weighted by Gasteiger charge is 2.23. The molecule has 23 heavy (non-hydrogen) atoms. The fourth-order valence-electron chi connectivity index (χ4n) is 1.70. The largest absolute Gasteiger partial charge is 0.465 e. The van der Waals surface area contributed by atoms with Gasteiger partial charge in [-0.15, -0.1) is 0 Å². The van der Waals surface area contributed by atoms with Crippen LogP contribution >= 0.6 is 0 Å². The summed E-state index contributed by atoms with van der Waals surface area (Å²) in [5.41, 5.74) is 0.242. The van der Waals surface area contributed by atoms with Crippen LogP contribution in [-0.4, -0.2) is 65.6 Å². The second kappa shape index (κ2) is 8.61. The number of amides is 1. The molecule has 0 saturated heterocycles. The van der Waals surface area contributed by atoms with Gasteiger partial charge in [-0.25, -0.2) is 13.2 Å². The average Bonchev–Trinajstić information content (AvgIpc) is 2.54. The van der Waals surface area contributed by atoms with Gasteiger partial charge in [-0.05, 0) is 24.3 Å². The lowest BCUT2D eigenvalue weighted by Crippen LogP contribution is -2.39. The Hall–Kier alpha value is -1.97. The van der Waals surface area contributed by atoms with Gasteiger partial charge < -0.3 is 14.8 Å². The SMILES string of the molecule is COCCNC(=O)CN(C)S(=O)(=O)c1ccc(C(=O)OC)cc1. The van der Waals surface area contributed by atoms with Crippen LogP contribution in [0.4, 0.5) is 0 Å². The number of benzene rings is 1. The van der Waals surface area contributed by atoms with Crippen LogP contribution in [0.15, 0.2) is 29.2 Å². The molecule has 0 aromatic heterocycles. The number of rotatable bonds is 8. The molecule has 1 rings (SSSR count). The van der Waals surface area contributed by atoms with Crippen molar-refractivity contribution in [3.05, 3.63) is 29.8 Å². The number of hydrogen-bond acceptors (Lipinski definition) is 6. The maximum absolute atomic E-state index is 12.4. The highest BCUT2D eigenvalue weighted by molar-refractivity contribution is 7.89. The quantitative estimate of drug-likeness (QED) is 0.520. The number of likely N-dealkylation sites (N-methyl/N-ethyl adjacent to an activating group) is 1. The Kier molecular flexibility index (Phi) is 7.14. The molecule has 0 aliphatic rings. The standard InChI is InChI=1S/C14H20N2O6S/c1-16(10-13(17)15-8-9-21-2)23(19,20)12-6-4-11(5-7-12)14(18)22-3/h4-7H,8-10H2,1-3H3,(H,15,17). The molecule has 8 nitrogen and oxygen atoms in total. The molecule has 0 unspecified atom stereocenters. The number of esters is 1.